The minimum atomic E-state index is -0.287. The lowest BCUT2D eigenvalue weighted by Gasteiger charge is -2.08. The van der Waals surface area contributed by atoms with E-state index in [1.807, 2.05) is 17.8 Å². The summed E-state index contributed by atoms with van der Waals surface area (Å²) in [5.74, 6) is 0. The van der Waals surface area contributed by atoms with Crippen LogP contribution in [0.25, 0.3) is 0 Å². The molecule has 74 valence electrons. The van der Waals surface area contributed by atoms with Crippen molar-refractivity contribution in [2.24, 2.45) is 0 Å². The lowest BCUT2D eigenvalue weighted by atomic mass is 10.2. The van der Waals surface area contributed by atoms with Crippen molar-refractivity contribution in [2.45, 2.75) is 32.5 Å². The van der Waals surface area contributed by atoms with Crippen molar-refractivity contribution in [3.8, 4) is 0 Å². The molecule has 0 aliphatic rings. The number of aliphatic hydroxyl groups is 1. The Balaban J connectivity index is 2.63. The number of rotatable bonds is 4. The Bertz CT molecular complexity index is 255. The van der Waals surface area contributed by atoms with E-state index >= 15 is 0 Å². The summed E-state index contributed by atoms with van der Waals surface area (Å²) in [5, 5.41) is 12.3. The zero-order valence-corrected chi connectivity index (χ0v) is 8.49. The van der Waals surface area contributed by atoms with Crippen LogP contribution in [0.3, 0.4) is 0 Å². The van der Waals surface area contributed by atoms with Gasteiger partial charge in [0, 0.05) is 25.0 Å². The van der Waals surface area contributed by atoms with Crippen molar-refractivity contribution in [1.82, 2.24) is 9.88 Å². The van der Waals surface area contributed by atoms with Crippen molar-refractivity contribution < 1.29 is 5.11 Å². The molecule has 0 saturated carbocycles. The molecule has 0 amide bonds. The summed E-state index contributed by atoms with van der Waals surface area (Å²) in [6.45, 7) is 4.57. The second kappa shape index (κ2) is 4.44. The Labute approximate surface area is 79.4 Å². The highest BCUT2D eigenvalue weighted by molar-refractivity contribution is 5.14. The highest BCUT2D eigenvalue weighted by atomic mass is 16.3. The van der Waals surface area contributed by atoms with Gasteiger partial charge >= 0.3 is 0 Å². The molecule has 2 unspecified atom stereocenters. The fourth-order valence-electron chi connectivity index (χ4n) is 1.30. The second-order valence-electron chi connectivity index (χ2n) is 3.50. The predicted octanol–water partition coefficient (Wildman–Crippen LogP) is 1.15. The van der Waals surface area contributed by atoms with Crippen LogP contribution in [0.2, 0.25) is 0 Å². The fraction of sp³-hybridized carbons (Fsp3) is 0.600. The van der Waals surface area contributed by atoms with Gasteiger partial charge < -0.3 is 15.0 Å². The Morgan fingerprint density at radius 1 is 1.54 bits per heavy atom. The van der Waals surface area contributed by atoms with Crippen molar-refractivity contribution in [3.05, 3.63) is 24.0 Å². The van der Waals surface area contributed by atoms with Crippen LogP contribution in [0, 0.1) is 0 Å². The number of aromatic nitrogens is 1. The third-order valence-corrected chi connectivity index (χ3v) is 2.18. The summed E-state index contributed by atoms with van der Waals surface area (Å²) in [6.07, 6.45) is 3.77. The van der Waals surface area contributed by atoms with Gasteiger partial charge in [-0.15, -0.1) is 0 Å². The lowest BCUT2D eigenvalue weighted by Crippen LogP contribution is -2.12. The molecule has 0 aliphatic heterocycles. The van der Waals surface area contributed by atoms with E-state index in [4.69, 9.17) is 0 Å². The molecule has 0 spiro atoms. The second-order valence-corrected chi connectivity index (χ2v) is 3.50. The largest absolute Gasteiger partial charge is 0.392 e. The third-order valence-electron chi connectivity index (χ3n) is 2.18. The van der Waals surface area contributed by atoms with Crippen LogP contribution in [-0.4, -0.2) is 22.8 Å². The molecule has 2 atom stereocenters. The first-order valence-corrected chi connectivity index (χ1v) is 4.64. The van der Waals surface area contributed by atoms with Gasteiger partial charge in [-0.25, -0.2) is 0 Å². The maximum atomic E-state index is 9.17. The molecular formula is C10H18N2O. The Morgan fingerprint density at radius 2 is 2.23 bits per heavy atom. The van der Waals surface area contributed by atoms with Crippen LogP contribution in [0.5, 0.6) is 0 Å². The fourth-order valence-corrected chi connectivity index (χ4v) is 1.30. The third kappa shape index (κ3) is 2.86. The topological polar surface area (TPSA) is 37.2 Å². The van der Waals surface area contributed by atoms with E-state index in [0.29, 0.717) is 12.6 Å². The van der Waals surface area contributed by atoms with E-state index in [-0.39, 0.29) is 6.10 Å². The smallest absolute Gasteiger partial charge is 0.0690 e. The minimum absolute atomic E-state index is 0.287. The summed E-state index contributed by atoms with van der Waals surface area (Å²) < 4.78 is 2.01. The Kier molecular flexibility index (Phi) is 3.51. The predicted molar refractivity (Wildman–Crippen MR) is 53.6 cm³/mol. The van der Waals surface area contributed by atoms with Gasteiger partial charge in [-0.2, -0.15) is 0 Å². The molecule has 0 aromatic carbocycles. The molecule has 1 aromatic rings. The van der Waals surface area contributed by atoms with Gasteiger partial charge in [0.1, 0.15) is 0 Å². The molecule has 13 heavy (non-hydrogen) atoms. The monoisotopic (exact) mass is 182 g/mol. The Hall–Kier alpha value is -0.800. The standard InChI is InChI=1S/C10H18N2O/c1-8(13)6-12-5-4-10(7-12)9(2)11-3/h4-5,7-9,11,13H,6H2,1-3H3. The molecule has 0 bridgehead atoms. The van der Waals surface area contributed by atoms with E-state index in [0.717, 1.165) is 0 Å². The van der Waals surface area contributed by atoms with E-state index in [1.165, 1.54) is 5.56 Å². The average Bonchev–Trinajstić information content (AvgIpc) is 2.50. The van der Waals surface area contributed by atoms with Gasteiger partial charge in [-0.1, -0.05) is 0 Å². The number of nitrogens with one attached hydrogen (secondary N) is 1. The minimum Gasteiger partial charge on any atom is -0.392 e. The summed E-state index contributed by atoms with van der Waals surface area (Å²) in [5.41, 5.74) is 1.25. The summed E-state index contributed by atoms with van der Waals surface area (Å²) in [4.78, 5) is 0. The molecule has 0 fully saturated rings. The number of hydrogen-bond acceptors (Lipinski definition) is 2. The summed E-state index contributed by atoms with van der Waals surface area (Å²) >= 11 is 0. The van der Waals surface area contributed by atoms with Gasteiger partial charge in [-0.3, -0.25) is 0 Å². The molecule has 1 rings (SSSR count). The molecule has 1 aromatic heterocycles. The first-order valence-electron chi connectivity index (χ1n) is 4.64. The first-order chi connectivity index (χ1) is 6.13. The number of nitrogens with zero attached hydrogens (tertiary/aromatic N) is 1. The van der Waals surface area contributed by atoms with Crippen molar-refractivity contribution in [1.29, 1.82) is 0 Å². The summed E-state index contributed by atoms with van der Waals surface area (Å²) in [7, 11) is 1.94. The summed E-state index contributed by atoms with van der Waals surface area (Å²) in [6, 6.07) is 2.44. The molecule has 0 radical (unpaired) electrons. The zero-order chi connectivity index (χ0) is 9.84. The van der Waals surface area contributed by atoms with Crippen LogP contribution in [0.1, 0.15) is 25.5 Å². The highest BCUT2D eigenvalue weighted by Crippen LogP contribution is 2.11. The van der Waals surface area contributed by atoms with E-state index in [1.54, 1.807) is 6.92 Å². The molecule has 3 nitrogen and oxygen atoms in total. The van der Waals surface area contributed by atoms with Crippen LogP contribution in [0.15, 0.2) is 18.5 Å². The van der Waals surface area contributed by atoms with Gasteiger partial charge in [0.15, 0.2) is 0 Å². The first kappa shape index (κ1) is 10.3. The number of aliphatic hydroxyl groups excluding tert-OH is 1. The van der Waals surface area contributed by atoms with Crippen LogP contribution in [-0.2, 0) is 6.54 Å². The van der Waals surface area contributed by atoms with Gasteiger partial charge in [-0.05, 0) is 32.5 Å². The maximum absolute atomic E-state index is 9.17. The van der Waals surface area contributed by atoms with E-state index in [9.17, 15) is 5.11 Å². The molecule has 0 aliphatic carbocycles. The quantitative estimate of drug-likeness (QED) is 0.733. The lowest BCUT2D eigenvalue weighted by molar-refractivity contribution is 0.173. The number of hydrogen-bond donors (Lipinski definition) is 2. The van der Waals surface area contributed by atoms with Crippen LogP contribution in [0.4, 0.5) is 0 Å². The molecule has 1 heterocycles. The normalized spacial score (nSPS) is 15.7. The highest BCUT2D eigenvalue weighted by Gasteiger charge is 2.04. The SMILES string of the molecule is CNC(C)c1ccn(CC(C)O)c1. The molecule has 0 saturated heterocycles. The van der Waals surface area contributed by atoms with Crippen molar-refractivity contribution >= 4 is 0 Å². The maximum Gasteiger partial charge on any atom is 0.0690 e. The molecular weight excluding hydrogens is 164 g/mol. The van der Waals surface area contributed by atoms with Crippen molar-refractivity contribution in [3.63, 3.8) is 0 Å². The van der Waals surface area contributed by atoms with Crippen LogP contribution >= 0.6 is 0 Å². The van der Waals surface area contributed by atoms with E-state index < -0.39 is 0 Å². The molecule has 2 N–H and O–H groups in total. The Morgan fingerprint density at radius 3 is 2.77 bits per heavy atom. The van der Waals surface area contributed by atoms with Crippen molar-refractivity contribution in [2.75, 3.05) is 7.05 Å². The van der Waals surface area contributed by atoms with E-state index in [2.05, 4.69) is 24.5 Å². The van der Waals surface area contributed by atoms with Gasteiger partial charge in [0.05, 0.1) is 6.10 Å². The van der Waals surface area contributed by atoms with Gasteiger partial charge in [0.25, 0.3) is 0 Å². The zero-order valence-electron chi connectivity index (χ0n) is 8.49. The van der Waals surface area contributed by atoms with Gasteiger partial charge in [0.2, 0.25) is 0 Å². The molecule has 3 heteroatoms. The average molecular weight is 182 g/mol. The van der Waals surface area contributed by atoms with Crippen LogP contribution < -0.4 is 5.32 Å².